The van der Waals surface area contributed by atoms with Crippen LogP contribution < -0.4 is 0 Å². The summed E-state index contributed by atoms with van der Waals surface area (Å²) in [4.78, 5) is 5.23. The molecule has 0 aromatic heterocycles. The van der Waals surface area contributed by atoms with Gasteiger partial charge in [0.25, 0.3) is 0 Å². The zero-order chi connectivity index (χ0) is 25.5. The molecule has 1 heterocycles. The van der Waals surface area contributed by atoms with E-state index in [-0.39, 0.29) is 0 Å². The van der Waals surface area contributed by atoms with E-state index in [0.29, 0.717) is 6.17 Å². The van der Waals surface area contributed by atoms with Gasteiger partial charge in [-0.3, -0.25) is 0 Å². The van der Waals surface area contributed by atoms with E-state index in [2.05, 4.69) is 66.4 Å². The molecule has 1 unspecified atom stereocenters. The molecular weight excluding hydrogens is 436 g/mol. The Morgan fingerprint density at radius 3 is 1.47 bits per heavy atom. The fourth-order valence-electron chi connectivity index (χ4n) is 5.66. The van der Waals surface area contributed by atoms with Crippen molar-refractivity contribution in [3.8, 4) is 0 Å². The fraction of sp³-hybridized carbons (Fsp3) is 0.765. The zero-order valence-corrected chi connectivity index (χ0v) is 24.3. The summed E-state index contributed by atoms with van der Waals surface area (Å²) < 4.78 is 0. The SMILES string of the molecule is CCCCCCCCCCCCCCCCCN1C=CN(Cc2ccccc2)C1CCCCCCC. The first-order valence-corrected chi connectivity index (χ1v) is 16.1. The quantitative estimate of drug-likeness (QED) is 0.131. The molecule has 2 nitrogen and oxygen atoms in total. The van der Waals surface area contributed by atoms with Gasteiger partial charge in [0.15, 0.2) is 0 Å². The number of nitrogens with zero attached hydrogens (tertiary/aromatic N) is 2. The maximum atomic E-state index is 2.64. The van der Waals surface area contributed by atoms with Crippen LogP contribution in [0.5, 0.6) is 0 Å². The average Bonchev–Trinajstić information content (AvgIpc) is 3.27. The highest BCUT2D eigenvalue weighted by Gasteiger charge is 2.25. The molecule has 1 aliphatic heterocycles. The topological polar surface area (TPSA) is 6.48 Å². The van der Waals surface area contributed by atoms with Crippen molar-refractivity contribution in [2.24, 2.45) is 0 Å². The Hall–Kier alpha value is -1.44. The summed E-state index contributed by atoms with van der Waals surface area (Å²) in [5.74, 6) is 0. The van der Waals surface area contributed by atoms with Gasteiger partial charge in [0.1, 0.15) is 6.17 Å². The van der Waals surface area contributed by atoms with Gasteiger partial charge in [-0.2, -0.15) is 0 Å². The molecule has 2 heteroatoms. The van der Waals surface area contributed by atoms with Crippen LogP contribution in [0.2, 0.25) is 0 Å². The minimum Gasteiger partial charge on any atom is -0.356 e. The molecule has 2 rings (SSSR count). The highest BCUT2D eigenvalue weighted by atomic mass is 15.4. The molecule has 1 aromatic carbocycles. The molecule has 0 saturated heterocycles. The van der Waals surface area contributed by atoms with Crippen LogP contribution in [-0.2, 0) is 6.54 Å². The molecule has 0 spiro atoms. The summed E-state index contributed by atoms with van der Waals surface area (Å²) in [5, 5.41) is 0. The van der Waals surface area contributed by atoms with Gasteiger partial charge < -0.3 is 9.80 Å². The van der Waals surface area contributed by atoms with Crippen LogP contribution in [0.25, 0.3) is 0 Å². The summed E-state index contributed by atoms with van der Waals surface area (Å²) in [5.41, 5.74) is 1.42. The molecule has 36 heavy (non-hydrogen) atoms. The van der Waals surface area contributed by atoms with Crippen molar-refractivity contribution in [1.29, 1.82) is 0 Å². The molecule has 206 valence electrons. The summed E-state index contributed by atoms with van der Waals surface area (Å²) in [6, 6.07) is 11.0. The number of rotatable bonds is 24. The summed E-state index contributed by atoms with van der Waals surface area (Å²) >= 11 is 0. The van der Waals surface area contributed by atoms with Gasteiger partial charge in [-0.25, -0.2) is 0 Å². The first-order chi connectivity index (χ1) is 17.8. The van der Waals surface area contributed by atoms with Gasteiger partial charge in [-0.15, -0.1) is 0 Å². The van der Waals surface area contributed by atoms with E-state index in [1.165, 1.54) is 147 Å². The largest absolute Gasteiger partial charge is 0.356 e. The fourth-order valence-corrected chi connectivity index (χ4v) is 5.66. The smallest absolute Gasteiger partial charge is 0.101 e. The lowest BCUT2D eigenvalue weighted by Crippen LogP contribution is -2.38. The van der Waals surface area contributed by atoms with Crippen molar-refractivity contribution in [2.75, 3.05) is 6.54 Å². The van der Waals surface area contributed by atoms with Crippen LogP contribution in [0, 0.1) is 0 Å². The van der Waals surface area contributed by atoms with Crippen LogP contribution in [-0.4, -0.2) is 22.5 Å². The highest BCUT2D eigenvalue weighted by molar-refractivity contribution is 5.16. The molecule has 0 radical (unpaired) electrons. The second-order valence-corrected chi connectivity index (χ2v) is 11.3. The van der Waals surface area contributed by atoms with E-state index in [1.807, 2.05) is 0 Å². The Morgan fingerprint density at radius 2 is 0.944 bits per heavy atom. The van der Waals surface area contributed by atoms with E-state index in [4.69, 9.17) is 0 Å². The summed E-state index contributed by atoms with van der Waals surface area (Å²) in [6.45, 7) is 6.87. The van der Waals surface area contributed by atoms with Crippen LogP contribution in [0.4, 0.5) is 0 Å². The van der Waals surface area contributed by atoms with Crippen molar-refractivity contribution >= 4 is 0 Å². The second-order valence-electron chi connectivity index (χ2n) is 11.3. The number of hydrogen-bond donors (Lipinski definition) is 0. The van der Waals surface area contributed by atoms with E-state index in [0.717, 1.165) is 6.54 Å². The van der Waals surface area contributed by atoms with E-state index >= 15 is 0 Å². The Morgan fingerprint density at radius 1 is 0.500 bits per heavy atom. The van der Waals surface area contributed by atoms with Crippen LogP contribution >= 0.6 is 0 Å². The van der Waals surface area contributed by atoms with Gasteiger partial charge >= 0.3 is 0 Å². The van der Waals surface area contributed by atoms with Crippen molar-refractivity contribution < 1.29 is 0 Å². The first-order valence-electron chi connectivity index (χ1n) is 16.1. The molecule has 1 aliphatic rings. The van der Waals surface area contributed by atoms with Crippen molar-refractivity contribution in [3.05, 3.63) is 48.3 Å². The third-order valence-electron chi connectivity index (χ3n) is 8.01. The number of benzene rings is 1. The molecule has 1 aromatic rings. The molecule has 0 aliphatic carbocycles. The minimum absolute atomic E-state index is 0.554. The number of hydrogen-bond acceptors (Lipinski definition) is 2. The Labute approximate surface area is 225 Å². The highest BCUT2D eigenvalue weighted by Crippen LogP contribution is 2.25. The van der Waals surface area contributed by atoms with E-state index in [1.54, 1.807) is 0 Å². The molecule has 0 bridgehead atoms. The Balaban J connectivity index is 1.54. The lowest BCUT2D eigenvalue weighted by Gasteiger charge is -2.33. The standard InChI is InChI=1S/C34H60N2/c1-3-5-7-9-10-11-12-13-14-15-16-17-18-20-25-29-35-30-31-36(32-33-26-22-21-23-27-33)34(35)28-24-19-8-6-4-2/h21-23,26-27,30-31,34H,3-20,24-25,28-29,32H2,1-2H3. The summed E-state index contributed by atoms with van der Waals surface area (Å²) in [7, 11) is 0. The lowest BCUT2D eigenvalue weighted by atomic mass is 10.0. The van der Waals surface area contributed by atoms with Crippen molar-refractivity contribution in [2.45, 2.75) is 161 Å². The molecule has 0 N–H and O–H groups in total. The minimum atomic E-state index is 0.554. The Bertz CT molecular complexity index is 625. The van der Waals surface area contributed by atoms with Gasteiger partial charge in [-0.1, -0.05) is 160 Å². The van der Waals surface area contributed by atoms with Gasteiger partial charge in [0, 0.05) is 25.5 Å². The summed E-state index contributed by atoms with van der Waals surface area (Å²) in [6.07, 6.45) is 35.0. The third kappa shape index (κ3) is 14.3. The van der Waals surface area contributed by atoms with Crippen molar-refractivity contribution in [1.82, 2.24) is 9.80 Å². The van der Waals surface area contributed by atoms with E-state index < -0.39 is 0 Å². The van der Waals surface area contributed by atoms with E-state index in [9.17, 15) is 0 Å². The zero-order valence-electron chi connectivity index (χ0n) is 24.3. The maximum absolute atomic E-state index is 2.64. The maximum Gasteiger partial charge on any atom is 0.101 e. The second kappa shape index (κ2) is 21.6. The normalized spacial score (nSPS) is 15.3. The molecule has 0 amide bonds. The Kier molecular flexibility index (Phi) is 18.5. The predicted octanol–water partition coefficient (Wildman–Crippen LogP) is 10.8. The van der Waals surface area contributed by atoms with Gasteiger partial charge in [0.05, 0.1) is 0 Å². The number of unbranched alkanes of at least 4 members (excludes halogenated alkanes) is 18. The van der Waals surface area contributed by atoms with Crippen molar-refractivity contribution in [3.63, 3.8) is 0 Å². The molecule has 0 saturated carbocycles. The van der Waals surface area contributed by atoms with Crippen LogP contribution in [0.1, 0.15) is 154 Å². The third-order valence-corrected chi connectivity index (χ3v) is 8.01. The molecule has 1 atom stereocenters. The van der Waals surface area contributed by atoms with Gasteiger partial charge in [-0.05, 0) is 24.8 Å². The predicted molar refractivity (Wildman–Crippen MR) is 160 cm³/mol. The van der Waals surface area contributed by atoms with Gasteiger partial charge in [0.2, 0.25) is 0 Å². The van der Waals surface area contributed by atoms with Crippen LogP contribution in [0.15, 0.2) is 42.7 Å². The lowest BCUT2D eigenvalue weighted by molar-refractivity contribution is 0.132. The van der Waals surface area contributed by atoms with Crippen LogP contribution in [0.3, 0.4) is 0 Å². The first kappa shape index (κ1) is 30.8. The average molecular weight is 497 g/mol. The molecular formula is C34H60N2. The monoisotopic (exact) mass is 496 g/mol. The molecule has 0 fully saturated rings.